The molecule has 0 saturated carbocycles. The monoisotopic (exact) mass is 325 g/mol. The van der Waals surface area contributed by atoms with Gasteiger partial charge >= 0.3 is 0 Å². The molecule has 0 unspecified atom stereocenters. The molecule has 24 heavy (non-hydrogen) atoms. The Labute approximate surface area is 142 Å². The quantitative estimate of drug-likeness (QED) is 0.692. The topological polar surface area (TPSA) is 49.5 Å². The van der Waals surface area contributed by atoms with Crippen LogP contribution in [0.4, 0.5) is 11.4 Å². The third kappa shape index (κ3) is 3.63. The Morgan fingerprint density at radius 2 is 2.00 bits per heavy atom. The number of likely N-dealkylation sites (N-methyl/N-ethyl adjacent to an activating group) is 1. The number of fused-ring (bicyclic) bond motifs is 1. The molecule has 0 spiro atoms. The number of aromatic amines is 1. The van der Waals surface area contributed by atoms with Crippen molar-refractivity contribution >= 4 is 22.3 Å². The van der Waals surface area contributed by atoms with E-state index in [9.17, 15) is 0 Å². The Morgan fingerprint density at radius 3 is 2.79 bits per heavy atom. The van der Waals surface area contributed by atoms with Crippen molar-refractivity contribution in [3.63, 3.8) is 0 Å². The van der Waals surface area contributed by atoms with Gasteiger partial charge in [0.15, 0.2) is 11.5 Å². The van der Waals surface area contributed by atoms with Crippen LogP contribution in [0.5, 0.6) is 11.5 Å². The third-order valence-corrected chi connectivity index (χ3v) is 3.81. The van der Waals surface area contributed by atoms with Crippen molar-refractivity contribution in [1.29, 1.82) is 0 Å². The van der Waals surface area contributed by atoms with Gasteiger partial charge in [-0.3, -0.25) is 0 Å². The minimum absolute atomic E-state index is 0.613. The van der Waals surface area contributed by atoms with E-state index in [4.69, 9.17) is 9.47 Å². The fraction of sp³-hybridized carbons (Fsp3) is 0.263. The fourth-order valence-corrected chi connectivity index (χ4v) is 2.56. The van der Waals surface area contributed by atoms with E-state index >= 15 is 0 Å². The van der Waals surface area contributed by atoms with Gasteiger partial charge in [0.05, 0.1) is 12.8 Å². The Balaban J connectivity index is 1.81. The van der Waals surface area contributed by atoms with Crippen LogP contribution in [0.25, 0.3) is 10.9 Å². The molecule has 0 aliphatic carbocycles. The normalized spacial score (nSPS) is 11.0. The second-order valence-corrected chi connectivity index (χ2v) is 5.89. The standard InChI is InChI=1S/C19H23N3O2/c1-22(2)11-12-24-18-6-4-5-17(19(18)23-3)21-15-7-8-16-14(13-15)9-10-20-16/h4-10,13,20-21H,11-12H2,1-3H3. The van der Waals surface area contributed by atoms with Gasteiger partial charge < -0.3 is 24.7 Å². The number of anilines is 2. The molecule has 2 aromatic carbocycles. The summed E-state index contributed by atoms with van der Waals surface area (Å²) >= 11 is 0. The molecule has 0 aliphatic heterocycles. The molecule has 0 saturated heterocycles. The maximum absolute atomic E-state index is 5.86. The highest BCUT2D eigenvalue weighted by Crippen LogP contribution is 2.37. The second kappa shape index (κ2) is 7.27. The summed E-state index contributed by atoms with van der Waals surface area (Å²) < 4.78 is 11.4. The van der Waals surface area contributed by atoms with E-state index < -0.39 is 0 Å². The molecule has 0 fully saturated rings. The average Bonchev–Trinajstić information content (AvgIpc) is 3.02. The van der Waals surface area contributed by atoms with Gasteiger partial charge in [-0.15, -0.1) is 0 Å². The third-order valence-electron chi connectivity index (χ3n) is 3.81. The van der Waals surface area contributed by atoms with Crippen molar-refractivity contribution in [2.75, 3.05) is 39.7 Å². The SMILES string of the molecule is COc1c(Nc2ccc3[nH]ccc3c2)cccc1OCCN(C)C. The van der Waals surface area contributed by atoms with E-state index in [0.29, 0.717) is 12.4 Å². The zero-order valence-corrected chi connectivity index (χ0v) is 14.3. The van der Waals surface area contributed by atoms with Gasteiger partial charge in [-0.1, -0.05) is 6.07 Å². The Bertz CT molecular complexity index is 811. The molecule has 3 aromatic rings. The van der Waals surface area contributed by atoms with Crippen LogP contribution in [-0.2, 0) is 0 Å². The number of methoxy groups -OCH3 is 1. The number of aromatic nitrogens is 1. The first-order valence-electron chi connectivity index (χ1n) is 7.96. The highest BCUT2D eigenvalue weighted by Gasteiger charge is 2.11. The van der Waals surface area contributed by atoms with Crippen LogP contribution in [0.1, 0.15) is 0 Å². The number of ether oxygens (including phenoxy) is 2. The molecular formula is C19H23N3O2. The minimum atomic E-state index is 0.613. The van der Waals surface area contributed by atoms with Gasteiger partial charge in [-0.25, -0.2) is 0 Å². The number of rotatable bonds is 7. The van der Waals surface area contributed by atoms with E-state index in [1.54, 1.807) is 7.11 Å². The lowest BCUT2D eigenvalue weighted by atomic mass is 10.2. The minimum Gasteiger partial charge on any atom is -0.491 e. The molecule has 1 aromatic heterocycles. The van der Waals surface area contributed by atoms with Crippen LogP contribution >= 0.6 is 0 Å². The smallest absolute Gasteiger partial charge is 0.184 e. The van der Waals surface area contributed by atoms with Crippen molar-refractivity contribution in [2.24, 2.45) is 0 Å². The Kier molecular flexibility index (Phi) is 4.91. The van der Waals surface area contributed by atoms with Gasteiger partial charge in [0.1, 0.15) is 6.61 Å². The number of para-hydroxylation sites is 1. The van der Waals surface area contributed by atoms with Crippen LogP contribution in [0, 0.1) is 0 Å². The van der Waals surface area contributed by atoms with E-state index in [0.717, 1.165) is 34.6 Å². The summed E-state index contributed by atoms with van der Waals surface area (Å²) in [5.74, 6) is 1.46. The molecule has 0 amide bonds. The zero-order chi connectivity index (χ0) is 16.9. The lowest BCUT2D eigenvalue weighted by Crippen LogP contribution is -2.19. The van der Waals surface area contributed by atoms with E-state index in [-0.39, 0.29) is 0 Å². The Morgan fingerprint density at radius 1 is 1.12 bits per heavy atom. The van der Waals surface area contributed by atoms with Gasteiger partial charge in [-0.2, -0.15) is 0 Å². The van der Waals surface area contributed by atoms with Crippen molar-refractivity contribution < 1.29 is 9.47 Å². The van der Waals surface area contributed by atoms with E-state index in [2.05, 4.69) is 33.4 Å². The highest BCUT2D eigenvalue weighted by molar-refractivity contribution is 5.84. The number of nitrogens with one attached hydrogen (secondary N) is 2. The maximum atomic E-state index is 5.86. The van der Waals surface area contributed by atoms with Crippen molar-refractivity contribution in [1.82, 2.24) is 9.88 Å². The van der Waals surface area contributed by atoms with Crippen molar-refractivity contribution in [3.8, 4) is 11.5 Å². The summed E-state index contributed by atoms with van der Waals surface area (Å²) in [4.78, 5) is 5.28. The molecular weight excluding hydrogens is 302 g/mol. The van der Waals surface area contributed by atoms with Crippen molar-refractivity contribution in [2.45, 2.75) is 0 Å². The summed E-state index contributed by atoms with van der Waals surface area (Å²) in [6.45, 7) is 1.47. The van der Waals surface area contributed by atoms with Crippen LogP contribution in [-0.4, -0.2) is 44.2 Å². The van der Waals surface area contributed by atoms with Crippen molar-refractivity contribution in [3.05, 3.63) is 48.7 Å². The first-order valence-corrected chi connectivity index (χ1v) is 7.96. The zero-order valence-electron chi connectivity index (χ0n) is 14.3. The van der Waals surface area contributed by atoms with Gasteiger partial charge in [-0.05, 0) is 50.5 Å². The predicted octanol–water partition coefficient (Wildman–Crippen LogP) is 3.86. The summed E-state index contributed by atoms with van der Waals surface area (Å²) in [6, 6.07) is 14.1. The molecule has 5 heteroatoms. The summed E-state index contributed by atoms with van der Waals surface area (Å²) in [5, 5.41) is 4.58. The number of H-pyrrole nitrogens is 1. The molecule has 3 rings (SSSR count). The predicted molar refractivity (Wildman–Crippen MR) is 98.6 cm³/mol. The van der Waals surface area contributed by atoms with Gasteiger partial charge in [0, 0.05) is 29.3 Å². The summed E-state index contributed by atoms with van der Waals surface area (Å²) in [6.07, 6.45) is 1.94. The molecule has 0 radical (unpaired) electrons. The molecule has 126 valence electrons. The van der Waals surface area contributed by atoms with E-state index in [1.165, 1.54) is 0 Å². The first kappa shape index (κ1) is 16.2. The van der Waals surface area contributed by atoms with E-state index in [1.807, 2.05) is 44.6 Å². The summed E-state index contributed by atoms with van der Waals surface area (Å²) in [7, 11) is 5.71. The number of benzene rings is 2. The number of nitrogens with zero attached hydrogens (tertiary/aromatic N) is 1. The lowest BCUT2D eigenvalue weighted by molar-refractivity contribution is 0.251. The largest absolute Gasteiger partial charge is 0.491 e. The average molecular weight is 325 g/mol. The van der Waals surface area contributed by atoms with Crippen LogP contribution in [0.3, 0.4) is 0 Å². The van der Waals surface area contributed by atoms with Gasteiger partial charge in [0.2, 0.25) is 0 Å². The van der Waals surface area contributed by atoms with Gasteiger partial charge in [0.25, 0.3) is 0 Å². The molecule has 0 aliphatic rings. The molecule has 1 heterocycles. The number of hydrogen-bond acceptors (Lipinski definition) is 4. The second-order valence-electron chi connectivity index (χ2n) is 5.89. The molecule has 0 atom stereocenters. The Hall–Kier alpha value is -2.66. The highest BCUT2D eigenvalue weighted by atomic mass is 16.5. The number of hydrogen-bond donors (Lipinski definition) is 2. The lowest BCUT2D eigenvalue weighted by Gasteiger charge is -2.17. The molecule has 5 nitrogen and oxygen atoms in total. The molecule has 0 bridgehead atoms. The fourth-order valence-electron chi connectivity index (χ4n) is 2.56. The summed E-state index contributed by atoms with van der Waals surface area (Å²) in [5.41, 5.74) is 3.01. The van der Waals surface area contributed by atoms with Crippen LogP contribution in [0.2, 0.25) is 0 Å². The first-order chi connectivity index (χ1) is 11.7. The van der Waals surface area contributed by atoms with Crippen LogP contribution in [0.15, 0.2) is 48.7 Å². The maximum Gasteiger partial charge on any atom is 0.184 e. The van der Waals surface area contributed by atoms with Crippen LogP contribution < -0.4 is 14.8 Å². The molecule has 2 N–H and O–H groups in total.